The normalized spacial score (nSPS) is 14.3. The topological polar surface area (TPSA) is 91.2 Å². The third-order valence-corrected chi connectivity index (χ3v) is 6.26. The molecular weight excluding hydrogens is 440 g/mol. The average molecular weight is 468 g/mol. The Balaban J connectivity index is 1.73. The van der Waals surface area contributed by atoms with Gasteiger partial charge in [0.25, 0.3) is 5.91 Å². The fourth-order valence-electron chi connectivity index (χ4n) is 4.29. The molecule has 0 saturated carbocycles. The Morgan fingerprint density at radius 3 is 2.38 bits per heavy atom. The van der Waals surface area contributed by atoms with E-state index in [-0.39, 0.29) is 18.1 Å². The van der Waals surface area contributed by atoms with Gasteiger partial charge >= 0.3 is 0 Å². The van der Waals surface area contributed by atoms with Crippen LogP contribution in [0.1, 0.15) is 35.8 Å². The Kier molecular flexibility index (Phi) is 7.12. The summed E-state index contributed by atoms with van der Waals surface area (Å²) >= 11 is 0. The molecule has 9 heteroatoms. The number of aromatic nitrogens is 3. The molecule has 178 valence electrons. The summed E-state index contributed by atoms with van der Waals surface area (Å²) in [6.07, 6.45) is 4.83. The van der Waals surface area contributed by atoms with Crippen LogP contribution in [0.15, 0.2) is 36.8 Å². The first kappa shape index (κ1) is 23.7. The summed E-state index contributed by atoms with van der Waals surface area (Å²) in [6.45, 7) is 2.70. The van der Waals surface area contributed by atoms with E-state index in [1.165, 1.54) is 11.2 Å². The van der Waals surface area contributed by atoms with E-state index < -0.39 is 23.1 Å². The lowest BCUT2D eigenvalue weighted by Gasteiger charge is -2.31. The number of carbonyl (C=O) groups excluding carboxylic acids is 1. The van der Waals surface area contributed by atoms with E-state index in [1.807, 2.05) is 13.0 Å². The number of nitrogens with zero attached hydrogens (tertiary/aromatic N) is 4. The number of anilines is 1. The number of piperidine rings is 1. The fraction of sp³-hybridized carbons (Fsp3) is 0.360. The van der Waals surface area contributed by atoms with Crippen molar-refractivity contribution in [1.29, 1.82) is 0 Å². The summed E-state index contributed by atoms with van der Waals surface area (Å²) in [4.78, 5) is 27.3. The molecule has 2 N–H and O–H groups in total. The second-order valence-corrected chi connectivity index (χ2v) is 8.31. The van der Waals surface area contributed by atoms with Crippen LogP contribution in [0.3, 0.4) is 0 Å². The molecule has 1 aromatic carbocycles. The number of nitrogens with one attached hydrogen (secondary N) is 1. The van der Waals surface area contributed by atoms with Crippen LogP contribution in [0.5, 0.6) is 0 Å². The van der Waals surface area contributed by atoms with E-state index >= 15 is 8.78 Å². The van der Waals surface area contributed by atoms with Gasteiger partial charge in [0.05, 0.1) is 11.4 Å². The first-order valence-electron chi connectivity index (χ1n) is 11.3. The Hall–Kier alpha value is -3.46. The number of aliphatic hydroxyl groups is 1. The zero-order valence-corrected chi connectivity index (χ0v) is 19.2. The second-order valence-electron chi connectivity index (χ2n) is 8.31. The highest BCUT2D eigenvalue weighted by atomic mass is 19.1. The number of hydrogen-bond acceptors (Lipinski definition) is 6. The van der Waals surface area contributed by atoms with E-state index in [1.54, 1.807) is 19.3 Å². The van der Waals surface area contributed by atoms with Crippen molar-refractivity contribution < 1.29 is 18.7 Å². The summed E-state index contributed by atoms with van der Waals surface area (Å²) in [7, 11) is 1.76. The summed E-state index contributed by atoms with van der Waals surface area (Å²) < 4.78 is 30.3. The monoisotopic (exact) mass is 467 g/mol. The molecule has 0 bridgehead atoms. The second kappa shape index (κ2) is 10.2. The van der Waals surface area contributed by atoms with Gasteiger partial charge in [0, 0.05) is 49.6 Å². The van der Waals surface area contributed by atoms with Crippen LogP contribution in [0, 0.1) is 17.6 Å². The largest absolute Gasteiger partial charge is 0.396 e. The van der Waals surface area contributed by atoms with Gasteiger partial charge in [0.2, 0.25) is 0 Å². The molecule has 1 amide bonds. The molecule has 7 nitrogen and oxygen atoms in total. The molecule has 0 atom stereocenters. The standard InChI is InChI=1S/C25H27F2N5O2/c1-3-20-22(16-4-5-21(28-2)29-12-16)24(31-14-30-20)17-10-18(26)23(19(27)11-17)25(34)32-8-6-15(13-33)7-9-32/h4-5,10-12,14-15,33H,3,6-9,13H2,1-2H3,(H,28,29). The number of aliphatic hydroxyl groups excluding tert-OH is 1. The molecule has 0 radical (unpaired) electrons. The van der Waals surface area contributed by atoms with Crippen LogP contribution in [0.2, 0.25) is 0 Å². The van der Waals surface area contributed by atoms with Crippen LogP contribution in [-0.4, -0.2) is 57.6 Å². The molecule has 2 aromatic heterocycles. The van der Waals surface area contributed by atoms with Gasteiger partial charge in [-0.3, -0.25) is 4.79 Å². The van der Waals surface area contributed by atoms with Crippen molar-refractivity contribution in [3.63, 3.8) is 0 Å². The maximum Gasteiger partial charge on any atom is 0.259 e. The van der Waals surface area contributed by atoms with Gasteiger partial charge in [-0.1, -0.05) is 6.92 Å². The molecule has 0 unspecified atom stereocenters. The molecular formula is C25H27F2N5O2. The van der Waals surface area contributed by atoms with Crippen molar-refractivity contribution in [2.75, 3.05) is 32.1 Å². The van der Waals surface area contributed by atoms with Crippen molar-refractivity contribution in [2.24, 2.45) is 5.92 Å². The number of aryl methyl sites for hydroxylation is 1. The Labute approximate surface area is 196 Å². The third-order valence-electron chi connectivity index (χ3n) is 6.26. The zero-order chi connectivity index (χ0) is 24.2. The minimum absolute atomic E-state index is 0.0493. The van der Waals surface area contributed by atoms with Gasteiger partial charge in [0.15, 0.2) is 0 Å². The molecule has 1 aliphatic heterocycles. The lowest BCUT2D eigenvalue weighted by Crippen LogP contribution is -2.40. The van der Waals surface area contributed by atoms with Gasteiger partial charge in [-0.25, -0.2) is 23.7 Å². The first-order chi connectivity index (χ1) is 16.5. The maximum atomic E-state index is 15.2. The lowest BCUT2D eigenvalue weighted by atomic mass is 9.95. The van der Waals surface area contributed by atoms with Gasteiger partial charge in [0.1, 0.15) is 29.3 Å². The summed E-state index contributed by atoms with van der Waals surface area (Å²) in [6, 6.07) is 5.95. The summed E-state index contributed by atoms with van der Waals surface area (Å²) in [5.41, 5.74) is 2.10. The molecule has 1 fully saturated rings. The summed E-state index contributed by atoms with van der Waals surface area (Å²) in [5.74, 6) is -1.75. The van der Waals surface area contributed by atoms with E-state index in [4.69, 9.17) is 0 Å². The minimum Gasteiger partial charge on any atom is -0.396 e. The summed E-state index contributed by atoms with van der Waals surface area (Å²) in [5, 5.41) is 12.2. The van der Waals surface area contributed by atoms with Crippen LogP contribution < -0.4 is 5.32 Å². The number of halogens is 2. The molecule has 3 aromatic rings. The predicted molar refractivity (Wildman–Crippen MR) is 125 cm³/mol. The third kappa shape index (κ3) is 4.61. The number of carbonyl (C=O) groups is 1. The SMILES string of the molecule is CCc1ncnc(-c2cc(F)c(C(=O)N3CCC(CO)CC3)c(F)c2)c1-c1ccc(NC)nc1. The van der Waals surface area contributed by atoms with Gasteiger partial charge in [-0.05, 0) is 49.4 Å². The van der Waals surface area contributed by atoms with Crippen molar-refractivity contribution in [2.45, 2.75) is 26.2 Å². The Morgan fingerprint density at radius 1 is 1.12 bits per heavy atom. The number of benzene rings is 1. The van der Waals surface area contributed by atoms with Crippen LogP contribution in [-0.2, 0) is 6.42 Å². The maximum absolute atomic E-state index is 15.2. The van der Waals surface area contributed by atoms with Gasteiger partial charge in [-0.15, -0.1) is 0 Å². The highest BCUT2D eigenvalue weighted by molar-refractivity contribution is 5.95. The minimum atomic E-state index is -0.935. The van der Waals surface area contributed by atoms with Crippen LogP contribution >= 0.6 is 0 Å². The van der Waals surface area contributed by atoms with Crippen molar-refractivity contribution in [3.05, 3.63) is 59.7 Å². The molecule has 3 heterocycles. The van der Waals surface area contributed by atoms with Gasteiger partial charge in [-0.2, -0.15) is 0 Å². The molecule has 1 saturated heterocycles. The van der Waals surface area contributed by atoms with Crippen molar-refractivity contribution >= 4 is 11.7 Å². The van der Waals surface area contributed by atoms with E-state index in [2.05, 4.69) is 20.3 Å². The van der Waals surface area contributed by atoms with E-state index in [0.29, 0.717) is 49.4 Å². The predicted octanol–water partition coefficient (Wildman–Crippen LogP) is 3.93. The number of likely N-dealkylation sites (tertiary alicyclic amines) is 1. The highest BCUT2D eigenvalue weighted by Crippen LogP contribution is 2.34. The Morgan fingerprint density at radius 2 is 1.82 bits per heavy atom. The molecule has 1 aliphatic rings. The average Bonchev–Trinajstić information content (AvgIpc) is 2.87. The molecule has 4 rings (SSSR count). The first-order valence-corrected chi connectivity index (χ1v) is 11.3. The van der Waals surface area contributed by atoms with Crippen molar-refractivity contribution in [3.8, 4) is 22.4 Å². The smallest absolute Gasteiger partial charge is 0.259 e. The van der Waals surface area contributed by atoms with Gasteiger partial charge < -0.3 is 15.3 Å². The number of amides is 1. The van der Waals surface area contributed by atoms with Crippen LogP contribution in [0.25, 0.3) is 22.4 Å². The molecule has 0 spiro atoms. The van der Waals surface area contributed by atoms with E-state index in [9.17, 15) is 9.90 Å². The molecule has 0 aliphatic carbocycles. The zero-order valence-electron chi connectivity index (χ0n) is 19.2. The van der Waals surface area contributed by atoms with E-state index in [0.717, 1.165) is 23.4 Å². The lowest BCUT2D eigenvalue weighted by molar-refractivity contribution is 0.0641. The Bertz CT molecular complexity index is 1160. The highest BCUT2D eigenvalue weighted by Gasteiger charge is 2.28. The molecule has 34 heavy (non-hydrogen) atoms. The number of rotatable bonds is 6. The fourth-order valence-corrected chi connectivity index (χ4v) is 4.29. The number of hydrogen-bond donors (Lipinski definition) is 2. The quantitative estimate of drug-likeness (QED) is 0.571. The number of pyridine rings is 1. The van der Waals surface area contributed by atoms with Crippen molar-refractivity contribution in [1.82, 2.24) is 19.9 Å². The van der Waals surface area contributed by atoms with Crippen LogP contribution in [0.4, 0.5) is 14.6 Å².